The standard InChI is InChI=1S/C31H25ClN2O3/c32-24-6-10-26(11-7-24)34-18-23-15-22(5-14-30(23)37-19-34)31(33-25-8-12-27(35)13-9-25)28-16-20-3-1-2-4-21(20)17-29(28)36/h1-17,31,33,35-36H,18-19H2. The summed E-state index contributed by atoms with van der Waals surface area (Å²) in [5, 5.41) is 27.1. The molecule has 0 aromatic heterocycles. The van der Waals surface area contributed by atoms with E-state index < -0.39 is 0 Å². The van der Waals surface area contributed by atoms with Gasteiger partial charge in [0.05, 0.1) is 6.04 Å². The van der Waals surface area contributed by atoms with Crippen LogP contribution < -0.4 is 15.0 Å². The van der Waals surface area contributed by atoms with Gasteiger partial charge in [-0.1, -0.05) is 41.9 Å². The van der Waals surface area contributed by atoms with Gasteiger partial charge in [0.15, 0.2) is 6.73 Å². The molecular formula is C31H25ClN2O3. The minimum absolute atomic E-state index is 0.198. The molecule has 5 nitrogen and oxygen atoms in total. The molecule has 6 heteroatoms. The van der Waals surface area contributed by atoms with E-state index in [9.17, 15) is 10.2 Å². The molecule has 0 saturated heterocycles. The number of nitrogens with zero attached hydrogens (tertiary/aromatic N) is 1. The molecule has 37 heavy (non-hydrogen) atoms. The van der Waals surface area contributed by atoms with Gasteiger partial charge >= 0.3 is 0 Å². The zero-order valence-electron chi connectivity index (χ0n) is 19.9. The zero-order chi connectivity index (χ0) is 25.4. The van der Waals surface area contributed by atoms with Gasteiger partial charge in [-0.05, 0) is 89.1 Å². The van der Waals surface area contributed by atoms with Crippen molar-refractivity contribution >= 4 is 33.7 Å². The lowest BCUT2D eigenvalue weighted by molar-refractivity contribution is 0.289. The smallest absolute Gasteiger partial charge is 0.161 e. The van der Waals surface area contributed by atoms with Gasteiger partial charge in [-0.25, -0.2) is 0 Å². The van der Waals surface area contributed by atoms with Crippen LogP contribution in [0, 0.1) is 0 Å². The number of phenolic OH excluding ortho intramolecular Hbond substituents is 2. The van der Waals surface area contributed by atoms with E-state index in [1.165, 1.54) is 0 Å². The lowest BCUT2D eigenvalue weighted by Gasteiger charge is -2.32. The molecule has 0 spiro atoms. The van der Waals surface area contributed by atoms with Crippen molar-refractivity contribution in [2.45, 2.75) is 12.6 Å². The van der Waals surface area contributed by atoms with Crippen LogP contribution in [0.3, 0.4) is 0 Å². The predicted molar refractivity (Wildman–Crippen MR) is 149 cm³/mol. The summed E-state index contributed by atoms with van der Waals surface area (Å²) in [4.78, 5) is 2.15. The normalized spacial score (nSPS) is 13.6. The van der Waals surface area contributed by atoms with E-state index in [0.29, 0.717) is 18.3 Å². The maximum atomic E-state index is 11.1. The first-order valence-electron chi connectivity index (χ1n) is 12.1. The fourth-order valence-corrected chi connectivity index (χ4v) is 4.93. The molecule has 1 heterocycles. The van der Waals surface area contributed by atoms with E-state index in [2.05, 4.69) is 16.3 Å². The Balaban J connectivity index is 1.40. The fourth-order valence-electron chi connectivity index (χ4n) is 4.80. The van der Waals surface area contributed by atoms with Crippen molar-refractivity contribution < 1.29 is 14.9 Å². The number of fused-ring (bicyclic) bond motifs is 2. The highest BCUT2D eigenvalue weighted by Crippen LogP contribution is 2.38. The maximum absolute atomic E-state index is 11.1. The highest BCUT2D eigenvalue weighted by molar-refractivity contribution is 6.30. The Morgan fingerprint density at radius 3 is 2.30 bits per heavy atom. The molecule has 0 amide bonds. The van der Waals surface area contributed by atoms with E-state index in [1.54, 1.807) is 18.2 Å². The summed E-state index contributed by atoms with van der Waals surface area (Å²) < 4.78 is 6.07. The molecule has 1 aliphatic rings. The first-order valence-corrected chi connectivity index (χ1v) is 12.4. The van der Waals surface area contributed by atoms with Gasteiger partial charge in [0, 0.05) is 34.1 Å². The van der Waals surface area contributed by atoms with Crippen LogP contribution in [0.4, 0.5) is 11.4 Å². The number of phenols is 2. The first kappa shape index (κ1) is 23.1. The van der Waals surface area contributed by atoms with Crippen molar-refractivity contribution in [2.24, 2.45) is 0 Å². The summed E-state index contributed by atoms with van der Waals surface area (Å²) in [5.41, 5.74) is 4.66. The second kappa shape index (κ2) is 9.60. The van der Waals surface area contributed by atoms with E-state index in [1.807, 2.05) is 78.9 Å². The van der Waals surface area contributed by atoms with Gasteiger partial charge < -0.3 is 25.2 Å². The molecule has 1 unspecified atom stereocenters. The summed E-state index contributed by atoms with van der Waals surface area (Å²) in [5.74, 6) is 1.26. The van der Waals surface area contributed by atoms with Crippen molar-refractivity contribution in [1.82, 2.24) is 0 Å². The van der Waals surface area contributed by atoms with Gasteiger partial charge in [0.1, 0.15) is 17.2 Å². The third kappa shape index (κ3) is 4.74. The second-order valence-corrected chi connectivity index (χ2v) is 9.63. The van der Waals surface area contributed by atoms with Gasteiger partial charge in [-0.3, -0.25) is 0 Å². The summed E-state index contributed by atoms with van der Waals surface area (Å²) in [6.07, 6.45) is 0. The molecule has 6 rings (SSSR count). The SMILES string of the molecule is Oc1ccc(NC(c2ccc3c(c2)CN(c2ccc(Cl)cc2)CO3)c2cc3ccccc3cc2O)cc1. The van der Waals surface area contributed by atoms with Crippen molar-refractivity contribution in [2.75, 3.05) is 16.9 Å². The Hall–Kier alpha value is -4.35. The summed E-state index contributed by atoms with van der Waals surface area (Å²) in [7, 11) is 0. The topological polar surface area (TPSA) is 65.0 Å². The van der Waals surface area contributed by atoms with Gasteiger partial charge in [-0.2, -0.15) is 0 Å². The second-order valence-electron chi connectivity index (χ2n) is 9.20. The predicted octanol–water partition coefficient (Wildman–Crippen LogP) is 7.46. The number of hydrogen-bond donors (Lipinski definition) is 3. The lowest BCUT2D eigenvalue weighted by Crippen LogP contribution is -2.32. The largest absolute Gasteiger partial charge is 0.508 e. The fraction of sp³-hybridized carbons (Fsp3) is 0.0968. The minimum Gasteiger partial charge on any atom is -0.508 e. The number of halogens is 1. The molecule has 0 fully saturated rings. The lowest BCUT2D eigenvalue weighted by atomic mass is 9.93. The molecule has 1 atom stereocenters. The zero-order valence-corrected chi connectivity index (χ0v) is 20.7. The summed E-state index contributed by atoms with van der Waals surface area (Å²) >= 11 is 6.08. The molecule has 0 saturated carbocycles. The van der Waals surface area contributed by atoms with Crippen molar-refractivity contribution in [1.29, 1.82) is 0 Å². The highest BCUT2D eigenvalue weighted by Gasteiger charge is 2.23. The summed E-state index contributed by atoms with van der Waals surface area (Å²) in [6, 6.07) is 32.3. The molecule has 0 aliphatic carbocycles. The van der Waals surface area contributed by atoms with Crippen molar-refractivity contribution in [3.8, 4) is 17.2 Å². The number of rotatable bonds is 5. The third-order valence-corrected chi connectivity index (χ3v) is 6.98. The average Bonchev–Trinajstić information content (AvgIpc) is 2.92. The van der Waals surface area contributed by atoms with Crippen LogP contribution in [0.5, 0.6) is 17.2 Å². The average molecular weight is 509 g/mol. The Kier molecular flexibility index (Phi) is 5.99. The van der Waals surface area contributed by atoms with Crippen LogP contribution in [0.1, 0.15) is 22.7 Å². The van der Waals surface area contributed by atoms with E-state index >= 15 is 0 Å². The minimum atomic E-state index is -0.342. The Morgan fingerprint density at radius 2 is 1.54 bits per heavy atom. The maximum Gasteiger partial charge on any atom is 0.161 e. The van der Waals surface area contributed by atoms with Gasteiger partial charge in [0.2, 0.25) is 0 Å². The summed E-state index contributed by atoms with van der Waals surface area (Å²) in [6.45, 7) is 1.13. The van der Waals surface area contributed by atoms with Crippen LogP contribution in [0.25, 0.3) is 10.8 Å². The molecule has 184 valence electrons. The van der Waals surface area contributed by atoms with Gasteiger partial charge in [0.25, 0.3) is 0 Å². The molecule has 5 aromatic carbocycles. The third-order valence-electron chi connectivity index (χ3n) is 6.73. The van der Waals surface area contributed by atoms with E-state index in [-0.39, 0.29) is 17.5 Å². The van der Waals surface area contributed by atoms with Crippen molar-refractivity contribution in [3.05, 3.63) is 125 Å². The van der Waals surface area contributed by atoms with Crippen LogP contribution in [0.2, 0.25) is 5.02 Å². The number of nitrogens with one attached hydrogen (secondary N) is 1. The molecule has 5 aromatic rings. The highest BCUT2D eigenvalue weighted by atomic mass is 35.5. The monoisotopic (exact) mass is 508 g/mol. The Bertz CT molecular complexity index is 1570. The number of benzene rings is 5. The molecule has 3 N–H and O–H groups in total. The number of aromatic hydroxyl groups is 2. The first-order chi connectivity index (χ1) is 18.0. The van der Waals surface area contributed by atoms with Crippen LogP contribution >= 0.6 is 11.6 Å². The quantitative estimate of drug-likeness (QED) is 0.215. The number of ether oxygens (including phenoxy) is 1. The van der Waals surface area contributed by atoms with E-state index in [4.69, 9.17) is 16.3 Å². The van der Waals surface area contributed by atoms with Crippen LogP contribution in [-0.4, -0.2) is 16.9 Å². The molecule has 0 radical (unpaired) electrons. The van der Waals surface area contributed by atoms with Gasteiger partial charge in [-0.15, -0.1) is 0 Å². The van der Waals surface area contributed by atoms with Crippen molar-refractivity contribution in [3.63, 3.8) is 0 Å². The van der Waals surface area contributed by atoms with Crippen LogP contribution in [0.15, 0.2) is 103 Å². The number of anilines is 2. The molecule has 0 bridgehead atoms. The molecule has 1 aliphatic heterocycles. The Labute approximate surface area is 220 Å². The Morgan fingerprint density at radius 1 is 0.811 bits per heavy atom. The van der Waals surface area contributed by atoms with Crippen LogP contribution in [-0.2, 0) is 6.54 Å². The molecular weight excluding hydrogens is 484 g/mol. The number of hydrogen-bond acceptors (Lipinski definition) is 5. The van der Waals surface area contributed by atoms with E-state index in [0.717, 1.165) is 44.6 Å².